The van der Waals surface area contributed by atoms with Crippen molar-refractivity contribution >= 4 is 17.4 Å². The Morgan fingerprint density at radius 1 is 1.26 bits per heavy atom. The fraction of sp³-hybridized carbons (Fsp3) is 0.714. The molecule has 1 heterocycles. The highest BCUT2D eigenvalue weighted by Gasteiger charge is 2.26. The van der Waals surface area contributed by atoms with E-state index in [0.29, 0.717) is 18.5 Å². The van der Waals surface area contributed by atoms with E-state index in [-0.39, 0.29) is 6.03 Å². The summed E-state index contributed by atoms with van der Waals surface area (Å²) in [4.78, 5) is 16.4. The topological polar surface area (TPSA) is 54.0 Å². The lowest BCUT2D eigenvalue weighted by Crippen LogP contribution is -2.42. The standard InChI is InChI=1S/C14H21N3OS/c18-14(17-11-4-2-1-3-5-11)15-8-12-9-19-13(16-12)10-6-7-10/h9-11H,1-8H2,(H2,15,17,18). The van der Waals surface area contributed by atoms with Gasteiger partial charge in [0.1, 0.15) is 0 Å². The predicted octanol–water partition coefficient (Wildman–Crippen LogP) is 3.15. The maximum atomic E-state index is 11.8. The van der Waals surface area contributed by atoms with Crippen molar-refractivity contribution in [2.45, 2.75) is 63.5 Å². The van der Waals surface area contributed by atoms with E-state index in [1.165, 1.54) is 37.1 Å². The van der Waals surface area contributed by atoms with E-state index in [4.69, 9.17) is 0 Å². The number of thiazole rings is 1. The lowest BCUT2D eigenvalue weighted by Gasteiger charge is -2.22. The fourth-order valence-electron chi connectivity index (χ4n) is 2.58. The van der Waals surface area contributed by atoms with Gasteiger partial charge in [0.15, 0.2) is 0 Å². The number of aromatic nitrogens is 1. The second kappa shape index (κ2) is 5.90. The lowest BCUT2D eigenvalue weighted by molar-refractivity contribution is 0.232. The third-order valence-corrected chi connectivity index (χ3v) is 4.92. The van der Waals surface area contributed by atoms with E-state index in [1.54, 1.807) is 11.3 Å². The molecule has 2 aliphatic rings. The van der Waals surface area contributed by atoms with Crippen molar-refractivity contribution in [1.82, 2.24) is 15.6 Å². The van der Waals surface area contributed by atoms with Crippen molar-refractivity contribution in [3.05, 3.63) is 16.1 Å². The van der Waals surface area contributed by atoms with Gasteiger partial charge in [0.25, 0.3) is 0 Å². The van der Waals surface area contributed by atoms with Crippen LogP contribution in [0.15, 0.2) is 5.38 Å². The maximum Gasteiger partial charge on any atom is 0.315 e. The van der Waals surface area contributed by atoms with Gasteiger partial charge in [-0.25, -0.2) is 9.78 Å². The molecule has 2 saturated carbocycles. The second-order valence-corrected chi connectivity index (χ2v) is 6.50. The summed E-state index contributed by atoms with van der Waals surface area (Å²) in [6, 6.07) is 0.319. The minimum Gasteiger partial charge on any atom is -0.335 e. The highest BCUT2D eigenvalue weighted by Crippen LogP contribution is 2.41. The first-order valence-corrected chi connectivity index (χ1v) is 8.18. The number of rotatable bonds is 4. The van der Waals surface area contributed by atoms with Gasteiger partial charge in [-0.2, -0.15) is 0 Å². The minimum atomic E-state index is -0.0483. The summed E-state index contributed by atoms with van der Waals surface area (Å²) in [6.45, 7) is 0.543. The average molecular weight is 279 g/mol. The molecule has 19 heavy (non-hydrogen) atoms. The molecule has 2 N–H and O–H groups in total. The van der Waals surface area contributed by atoms with Gasteiger partial charge in [-0.05, 0) is 25.7 Å². The highest BCUT2D eigenvalue weighted by atomic mass is 32.1. The molecule has 2 amide bonds. The van der Waals surface area contributed by atoms with Crippen molar-refractivity contribution in [3.8, 4) is 0 Å². The van der Waals surface area contributed by atoms with Gasteiger partial charge in [-0.3, -0.25) is 0 Å². The third-order valence-electron chi connectivity index (χ3n) is 3.87. The van der Waals surface area contributed by atoms with Crippen LogP contribution in [-0.4, -0.2) is 17.1 Å². The Labute approximate surface area is 118 Å². The summed E-state index contributed by atoms with van der Waals surface area (Å²) in [5.74, 6) is 0.704. The van der Waals surface area contributed by atoms with E-state index in [1.807, 2.05) is 0 Å². The van der Waals surface area contributed by atoms with Gasteiger partial charge in [0, 0.05) is 17.3 Å². The van der Waals surface area contributed by atoms with Gasteiger partial charge in [0.2, 0.25) is 0 Å². The van der Waals surface area contributed by atoms with E-state index < -0.39 is 0 Å². The molecule has 5 heteroatoms. The molecule has 0 saturated heterocycles. The Balaban J connectivity index is 1.41. The largest absolute Gasteiger partial charge is 0.335 e. The smallest absolute Gasteiger partial charge is 0.315 e. The number of amides is 2. The molecule has 104 valence electrons. The van der Waals surface area contributed by atoms with Crippen LogP contribution in [0, 0.1) is 0 Å². The monoisotopic (exact) mass is 279 g/mol. The van der Waals surface area contributed by atoms with Crippen LogP contribution >= 0.6 is 11.3 Å². The maximum absolute atomic E-state index is 11.8. The molecule has 0 atom stereocenters. The van der Waals surface area contributed by atoms with E-state index >= 15 is 0 Å². The molecular weight excluding hydrogens is 258 g/mol. The van der Waals surface area contributed by atoms with Crippen molar-refractivity contribution < 1.29 is 4.79 Å². The normalized spacial score (nSPS) is 20.2. The molecule has 2 aliphatic carbocycles. The predicted molar refractivity (Wildman–Crippen MR) is 76.3 cm³/mol. The van der Waals surface area contributed by atoms with Crippen molar-refractivity contribution in [3.63, 3.8) is 0 Å². The average Bonchev–Trinajstić information content (AvgIpc) is 3.17. The Morgan fingerprint density at radius 2 is 2.05 bits per heavy atom. The van der Waals surface area contributed by atoms with Crippen LogP contribution in [-0.2, 0) is 6.54 Å². The molecule has 0 aliphatic heterocycles. The van der Waals surface area contributed by atoms with Gasteiger partial charge in [-0.1, -0.05) is 19.3 Å². The molecule has 0 spiro atoms. The molecule has 0 bridgehead atoms. The molecule has 1 aromatic rings. The number of hydrogen-bond donors (Lipinski definition) is 2. The quantitative estimate of drug-likeness (QED) is 0.889. The van der Waals surface area contributed by atoms with Crippen molar-refractivity contribution in [2.75, 3.05) is 0 Å². The Bertz CT molecular complexity index is 436. The van der Waals surface area contributed by atoms with Crippen molar-refractivity contribution in [1.29, 1.82) is 0 Å². The molecule has 2 fully saturated rings. The summed E-state index contributed by atoms with van der Waals surface area (Å²) >= 11 is 1.72. The van der Waals surface area contributed by atoms with Crippen LogP contribution in [0.25, 0.3) is 0 Å². The van der Waals surface area contributed by atoms with Crippen LogP contribution in [0.5, 0.6) is 0 Å². The zero-order valence-electron chi connectivity index (χ0n) is 11.2. The molecule has 3 rings (SSSR count). The second-order valence-electron chi connectivity index (χ2n) is 5.61. The van der Waals surface area contributed by atoms with E-state index in [0.717, 1.165) is 18.5 Å². The SMILES string of the molecule is O=C(NCc1csc(C2CC2)n1)NC1CCCCC1. The van der Waals surface area contributed by atoms with Gasteiger partial charge in [0.05, 0.1) is 17.2 Å². The number of carbonyl (C=O) groups excluding carboxylic acids is 1. The molecular formula is C14H21N3OS. The number of urea groups is 1. The Morgan fingerprint density at radius 3 is 2.79 bits per heavy atom. The zero-order valence-corrected chi connectivity index (χ0v) is 12.0. The van der Waals surface area contributed by atoms with E-state index in [9.17, 15) is 4.79 Å². The van der Waals surface area contributed by atoms with Crippen LogP contribution < -0.4 is 10.6 Å². The number of nitrogens with zero attached hydrogens (tertiary/aromatic N) is 1. The first kappa shape index (κ1) is 12.9. The van der Waals surface area contributed by atoms with Crippen LogP contribution in [0.3, 0.4) is 0 Å². The summed E-state index contributed by atoms with van der Waals surface area (Å²) in [6.07, 6.45) is 8.59. The molecule has 1 aromatic heterocycles. The fourth-order valence-corrected chi connectivity index (χ4v) is 3.57. The van der Waals surface area contributed by atoms with Crippen molar-refractivity contribution in [2.24, 2.45) is 0 Å². The molecule has 0 aromatic carbocycles. The Kier molecular flexibility index (Phi) is 4.01. The van der Waals surface area contributed by atoms with E-state index in [2.05, 4.69) is 21.0 Å². The molecule has 4 nitrogen and oxygen atoms in total. The minimum absolute atomic E-state index is 0.0483. The third kappa shape index (κ3) is 3.69. The van der Waals surface area contributed by atoms with Gasteiger partial charge >= 0.3 is 6.03 Å². The Hall–Kier alpha value is -1.10. The summed E-state index contributed by atoms with van der Waals surface area (Å²) in [5, 5.41) is 9.27. The van der Waals surface area contributed by atoms with Crippen LogP contribution in [0.2, 0.25) is 0 Å². The van der Waals surface area contributed by atoms with Gasteiger partial charge < -0.3 is 10.6 Å². The lowest BCUT2D eigenvalue weighted by atomic mass is 9.96. The van der Waals surface area contributed by atoms with Crippen LogP contribution in [0.1, 0.15) is 61.6 Å². The number of carbonyl (C=O) groups is 1. The zero-order chi connectivity index (χ0) is 13.1. The van der Waals surface area contributed by atoms with Crippen LogP contribution in [0.4, 0.5) is 4.79 Å². The van der Waals surface area contributed by atoms with Gasteiger partial charge in [-0.15, -0.1) is 11.3 Å². The highest BCUT2D eigenvalue weighted by molar-refractivity contribution is 7.09. The number of nitrogens with one attached hydrogen (secondary N) is 2. The number of hydrogen-bond acceptors (Lipinski definition) is 3. The summed E-state index contributed by atoms with van der Waals surface area (Å²) in [5.41, 5.74) is 0.991. The summed E-state index contributed by atoms with van der Waals surface area (Å²) in [7, 11) is 0. The summed E-state index contributed by atoms with van der Waals surface area (Å²) < 4.78 is 0. The molecule has 0 radical (unpaired) electrons. The molecule has 0 unspecified atom stereocenters. The first-order chi connectivity index (χ1) is 9.31. The first-order valence-electron chi connectivity index (χ1n) is 7.30.